The lowest BCUT2D eigenvalue weighted by Crippen LogP contribution is -2.11. The van der Waals surface area contributed by atoms with Crippen molar-refractivity contribution in [2.24, 2.45) is 0 Å². The van der Waals surface area contributed by atoms with Crippen molar-refractivity contribution in [3.8, 4) is 0 Å². The van der Waals surface area contributed by atoms with Crippen molar-refractivity contribution in [3.05, 3.63) is 35.1 Å². The molecule has 0 amide bonds. The van der Waals surface area contributed by atoms with Gasteiger partial charge in [-0.15, -0.1) is 0 Å². The molecule has 0 aliphatic carbocycles. The lowest BCUT2D eigenvalue weighted by molar-refractivity contribution is 0.108. The van der Waals surface area contributed by atoms with E-state index in [9.17, 15) is 4.39 Å². The number of nitrogens with one attached hydrogen (secondary N) is 1. The summed E-state index contributed by atoms with van der Waals surface area (Å²) in [5.74, 6) is -0.137. The molecule has 0 saturated carbocycles. The summed E-state index contributed by atoms with van der Waals surface area (Å²) in [4.78, 5) is 0. The first kappa shape index (κ1) is 11.1. The fraction of sp³-hybridized carbons (Fsp3) is 0.455. The van der Waals surface area contributed by atoms with Crippen molar-refractivity contribution < 1.29 is 9.13 Å². The molecular formula is C11H16FNO. The van der Waals surface area contributed by atoms with Gasteiger partial charge in [-0.2, -0.15) is 0 Å². The van der Waals surface area contributed by atoms with Crippen LogP contribution in [0.15, 0.2) is 18.2 Å². The lowest BCUT2D eigenvalue weighted by atomic mass is 10.0. The molecule has 0 bridgehead atoms. The number of rotatable bonds is 0. The molecule has 0 atom stereocenters. The summed E-state index contributed by atoms with van der Waals surface area (Å²) in [6.45, 7) is 1.15. The van der Waals surface area contributed by atoms with Crippen LogP contribution >= 0.6 is 0 Å². The Morgan fingerprint density at radius 3 is 2.71 bits per heavy atom. The van der Waals surface area contributed by atoms with Gasteiger partial charge in [0.25, 0.3) is 0 Å². The van der Waals surface area contributed by atoms with Gasteiger partial charge in [-0.25, -0.2) is 4.39 Å². The van der Waals surface area contributed by atoms with Crippen LogP contribution in [0.2, 0.25) is 0 Å². The van der Waals surface area contributed by atoms with Crippen molar-refractivity contribution >= 4 is 0 Å². The molecule has 1 N–H and O–H groups in total. The minimum atomic E-state index is -0.137. The molecule has 1 aromatic carbocycles. The van der Waals surface area contributed by atoms with Crippen LogP contribution in [0.5, 0.6) is 0 Å². The largest absolute Gasteiger partial charge is 0.376 e. The second-order valence-corrected chi connectivity index (χ2v) is 3.18. The van der Waals surface area contributed by atoms with Gasteiger partial charge in [-0.3, -0.25) is 0 Å². The molecule has 1 aliphatic rings. The van der Waals surface area contributed by atoms with Crippen LogP contribution in [0.3, 0.4) is 0 Å². The first-order valence-electron chi connectivity index (χ1n) is 4.72. The van der Waals surface area contributed by atoms with Crippen LogP contribution in [0, 0.1) is 5.82 Å². The molecule has 2 rings (SSSR count). The maximum Gasteiger partial charge on any atom is 0.128 e. The first-order chi connectivity index (χ1) is 6.79. The van der Waals surface area contributed by atoms with E-state index >= 15 is 0 Å². The average molecular weight is 197 g/mol. The number of benzene rings is 1. The van der Waals surface area contributed by atoms with E-state index < -0.39 is 0 Å². The van der Waals surface area contributed by atoms with Crippen molar-refractivity contribution in [2.75, 3.05) is 20.7 Å². The molecule has 0 aromatic heterocycles. The molecule has 1 aliphatic heterocycles. The molecule has 0 radical (unpaired) electrons. The van der Waals surface area contributed by atoms with Gasteiger partial charge in [0.1, 0.15) is 5.82 Å². The van der Waals surface area contributed by atoms with Gasteiger partial charge in [0.15, 0.2) is 0 Å². The van der Waals surface area contributed by atoms with Crippen molar-refractivity contribution in [1.29, 1.82) is 0 Å². The van der Waals surface area contributed by atoms with Gasteiger partial charge in [0, 0.05) is 5.56 Å². The van der Waals surface area contributed by atoms with Crippen LogP contribution < -0.4 is 5.32 Å². The van der Waals surface area contributed by atoms with E-state index in [1.165, 1.54) is 6.07 Å². The Bertz CT molecular complexity index is 289. The van der Waals surface area contributed by atoms with Crippen molar-refractivity contribution in [1.82, 2.24) is 5.32 Å². The maximum absolute atomic E-state index is 13.0. The van der Waals surface area contributed by atoms with Crippen LogP contribution in [0.1, 0.15) is 11.1 Å². The summed E-state index contributed by atoms with van der Waals surface area (Å²) in [7, 11) is 3.75. The van der Waals surface area contributed by atoms with Crippen LogP contribution in [0.25, 0.3) is 0 Å². The average Bonchev–Trinajstić information content (AvgIpc) is 2.20. The third-order valence-electron chi connectivity index (χ3n) is 1.98. The van der Waals surface area contributed by atoms with E-state index in [4.69, 9.17) is 4.74 Å². The van der Waals surface area contributed by atoms with Gasteiger partial charge < -0.3 is 10.1 Å². The van der Waals surface area contributed by atoms with Gasteiger partial charge in [0.05, 0.1) is 13.2 Å². The van der Waals surface area contributed by atoms with Gasteiger partial charge >= 0.3 is 0 Å². The van der Waals surface area contributed by atoms with E-state index in [-0.39, 0.29) is 5.82 Å². The quantitative estimate of drug-likeness (QED) is 0.684. The van der Waals surface area contributed by atoms with Gasteiger partial charge in [-0.05, 0) is 32.1 Å². The zero-order chi connectivity index (χ0) is 10.4. The Labute approximate surface area is 84.1 Å². The summed E-state index contributed by atoms with van der Waals surface area (Å²) in [6, 6.07) is 5.19. The highest BCUT2D eigenvalue weighted by Gasteiger charge is 2.12. The monoisotopic (exact) mass is 197 g/mol. The van der Waals surface area contributed by atoms with E-state index in [2.05, 4.69) is 5.32 Å². The summed E-state index contributed by atoms with van der Waals surface area (Å²) < 4.78 is 18.1. The van der Waals surface area contributed by atoms with Crippen LogP contribution in [-0.4, -0.2) is 20.7 Å². The highest BCUT2D eigenvalue weighted by Crippen LogP contribution is 2.18. The fourth-order valence-corrected chi connectivity index (χ4v) is 1.36. The number of fused-ring (bicyclic) bond motifs is 1. The van der Waals surface area contributed by atoms with Crippen LogP contribution in [-0.2, 0) is 17.8 Å². The fourth-order valence-electron chi connectivity index (χ4n) is 1.36. The van der Waals surface area contributed by atoms with Crippen molar-refractivity contribution in [3.63, 3.8) is 0 Å². The Morgan fingerprint density at radius 1 is 1.36 bits per heavy atom. The van der Waals surface area contributed by atoms with E-state index in [0.29, 0.717) is 6.61 Å². The van der Waals surface area contributed by atoms with Crippen LogP contribution in [0.4, 0.5) is 4.39 Å². The molecule has 0 spiro atoms. The van der Waals surface area contributed by atoms with E-state index in [1.54, 1.807) is 6.07 Å². The minimum absolute atomic E-state index is 0.137. The summed E-state index contributed by atoms with van der Waals surface area (Å²) in [6.07, 6.45) is 0.840. The number of hydrogen-bond donors (Lipinski definition) is 1. The SMILES string of the molecule is CNC.Fc1cccc2c1COCC2. The first-order valence-corrected chi connectivity index (χ1v) is 4.72. The van der Waals surface area contributed by atoms with E-state index in [0.717, 1.165) is 24.2 Å². The maximum atomic E-state index is 13.0. The van der Waals surface area contributed by atoms with Gasteiger partial charge in [0.2, 0.25) is 0 Å². The Morgan fingerprint density at radius 2 is 2.07 bits per heavy atom. The third-order valence-corrected chi connectivity index (χ3v) is 1.98. The molecule has 1 heterocycles. The molecule has 2 nitrogen and oxygen atoms in total. The standard InChI is InChI=1S/C9H9FO.C2H7N/c10-9-3-1-2-7-4-5-11-6-8(7)9;1-3-2/h1-3H,4-6H2;3H,1-2H3. The zero-order valence-corrected chi connectivity index (χ0v) is 8.64. The van der Waals surface area contributed by atoms with E-state index in [1.807, 2.05) is 20.2 Å². The Balaban J connectivity index is 0.000000293. The zero-order valence-electron chi connectivity index (χ0n) is 8.64. The molecule has 0 fully saturated rings. The Kier molecular flexibility index (Phi) is 4.56. The highest BCUT2D eigenvalue weighted by atomic mass is 19.1. The summed E-state index contributed by atoms with van der Waals surface area (Å²) >= 11 is 0. The lowest BCUT2D eigenvalue weighted by Gasteiger charge is -2.16. The normalized spacial score (nSPS) is 13.9. The smallest absolute Gasteiger partial charge is 0.128 e. The second-order valence-electron chi connectivity index (χ2n) is 3.18. The summed E-state index contributed by atoms with van der Waals surface area (Å²) in [5.41, 5.74) is 1.83. The molecular weight excluding hydrogens is 181 g/mol. The second kappa shape index (κ2) is 5.73. The molecule has 0 unspecified atom stereocenters. The molecule has 3 heteroatoms. The van der Waals surface area contributed by atoms with Gasteiger partial charge in [-0.1, -0.05) is 12.1 Å². The topological polar surface area (TPSA) is 21.3 Å². The Hall–Kier alpha value is -0.930. The molecule has 78 valence electrons. The number of hydrogen-bond acceptors (Lipinski definition) is 2. The third kappa shape index (κ3) is 2.79. The highest BCUT2D eigenvalue weighted by molar-refractivity contribution is 5.29. The number of ether oxygens (including phenoxy) is 1. The molecule has 1 aromatic rings. The predicted molar refractivity (Wildman–Crippen MR) is 54.7 cm³/mol. The number of halogens is 1. The molecule has 0 saturated heterocycles. The van der Waals surface area contributed by atoms with Crippen molar-refractivity contribution in [2.45, 2.75) is 13.0 Å². The summed E-state index contributed by atoms with van der Waals surface area (Å²) in [5, 5.41) is 2.75. The predicted octanol–water partition coefficient (Wildman–Crippen LogP) is 1.73. The minimum Gasteiger partial charge on any atom is -0.376 e. The molecule has 14 heavy (non-hydrogen) atoms.